The zero-order valence-electron chi connectivity index (χ0n) is 12.0. The lowest BCUT2D eigenvalue weighted by molar-refractivity contribution is 0.590. The Hall–Kier alpha value is -1.48. The number of hydrogen-bond donors (Lipinski definition) is 1. The molecule has 1 aromatic carbocycles. The molecular formula is C16H19ClN2O. The lowest BCUT2D eigenvalue weighted by Gasteiger charge is -2.25. The number of nitrogens with zero attached hydrogens (tertiary/aromatic N) is 1. The predicted octanol–water partition coefficient (Wildman–Crippen LogP) is 3.90. The van der Waals surface area contributed by atoms with Crippen LogP contribution in [0.1, 0.15) is 38.7 Å². The Kier molecular flexibility index (Phi) is 3.25. The summed E-state index contributed by atoms with van der Waals surface area (Å²) in [5.74, 6) is 0.406. The lowest BCUT2D eigenvalue weighted by atomic mass is 9.94. The third-order valence-electron chi connectivity index (χ3n) is 4.42. The molecule has 1 aliphatic heterocycles. The van der Waals surface area contributed by atoms with E-state index in [1.807, 2.05) is 6.07 Å². The number of hydrogen-bond acceptors (Lipinski definition) is 2. The van der Waals surface area contributed by atoms with Crippen LogP contribution in [0.25, 0.3) is 10.9 Å². The maximum Gasteiger partial charge on any atom is 0.249 e. The monoisotopic (exact) mass is 290 g/mol. The number of nitrogens with one attached hydrogen (secondary N) is 1. The average Bonchev–Trinajstić information content (AvgIpc) is 2.64. The van der Waals surface area contributed by atoms with Crippen molar-refractivity contribution in [1.82, 2.24) is 4.98 Å². The molecule has 0 fully saturated rings. The van der Waals surface area contributed by atoms with Crippen molar-refractivity contribution in [3.8, 4) is 0 Å². The first-order valence-electron chi connectivity index (χ1n) is 7.16. The van der Waals surface area contributed by atoms with Gasteiger partial charge in [0.25, 0.3) is 0 Å². The summed E-state index contributed by atoms with van der Waals surface area (Å²) in [5.41, 5.74) is 3.21. The lowest BCUT2D eigenvalue weighted by Crippen LogP contribution is -2.31. The van der Waals surface area contributed by atoms with Crippen LogP contribution in [0.3, 0.4) is 0 Å². The van der Waals surface area contributed by atoms with Crippen molar-refractivity contribution in [1.29, 1.82) is 0 Å². The number of pyridine rings is 1. The predicted molar refractivity (Wildman–Crippen MR) is 85.1 cm³/mol. The van der Waals surface area contributed by atoms with Gasteiger partial charge in [0.2, 0.25) is 5.56 Å². The van der Waals surface area contributed by atoms with Crippen LogP contribution in [0, 0.1) is 0 Å². The fraction of sp³-hybridized carbons (Fsp3) is 0.438. The third kappa shape index (κ3) is 1.84. The Morgan fingerprint density at radius 2 is 2.10 bits per heavy atom. The molecule has 3 nitrogen and oxygen atoms in total. The molecule has 0 amide bonds. The van der Waals surface area contributed by atoms with E-state index in [4.69, 9.17) is 11.6 Å². The number of aromatic nitrogens is 1. The molecule has 2 unspecified atom stereocenters. The summed E-state index contributed by atoms with van der Waals surface area (Å²) < 4.78 is 0. The van der Waals surface area contributed by atoms with Crippen LogP contribution in [0.4, 0.5) is 5.69 Å². The minimum atomic E-state index is -0.147. The number of aromatic amines is 1. The molecule has 2 heterocycles. The molecule has 0 saturated carbocycles. The number of fused-ring (bicyclic) bond motifs is 3. The molecule has 0 saturated heterocycles. The highest BCUT2D eigenvalue weighted by molar-refractivity contribution is 6.35. The van der Waals surface area contributed by atoms with Crippen LogP contribution in [-0.2, 0) is 0 Å². The van der Waals surface area contributed by atoms with Gasteiger partial charge in [-0.3, -0.25) is 4.79 Å². The highest BCUT2D eigenvalue weighted by atomic mass is 35.5. The van der Waals surface area contributed by atoms with Crippen molar-refractivity contribution in [2.45, 2.75) is 39.2 Å². The van der Waals surface area contributed by atoms with Gasteiger partial charge in [-0.2, -0.15) is 0 Å². The van der Waals surface area contributed by atoms with Crippen molar-refractivity contribution in [2.75, 3.05) is 11.4 Å². The Morgan fingerprint density at radius 1 is 1.35 bits per heavy atom. The van der Waals surface area contributed by atoms with Crippen LogP contribution in [0.15, 0.2) is 23.0 Å². The molecule has 4 heteroatoms. The van der Waals surface area contributed by atoms with Crippen molar-refractivity contribution in [2.24, 2.45) is 0 Å². The van der Waals surface area contributed by atoms with Crippen molar-refractivity contribution >= 4 is 28.2 Å². The van der Waals surface area contributed by atoms with Crippen molar-refractivity contribution in [3.63, 3.8) is 0 Å². The number of H-pyrrole nitrogens is 1. The smallest absolute Gasteiger partial charge is 0.249 e. The first-order valence-corrected chi connectivity index (χ1v) is 7.54. The van der Waals surface area contributed by atoms with Gasteiger partial charge in [0.05, 0.1) is 10.5 Å². The normalized spacial score (nSPS) is 21.5. The quantitative estimate of drug-likeness (QED) is 0.910. The molecule has 0 spiro atoms. The Labute approximate surface area is 123 Å². The Bertz CT molecular complexity index is 722. The third-order valence-corrected chi connectivity index (χ3v) is 4.72. The summed E-state index contributed by atoms with van der Waals surface area (Å²) in [6, 6.07) is 6.01. The van der Waals surface area contributed by atoms with E-state index < -0.39 is 0 Å². The van der Waals surface area contributed by atoms with Gasteiger partial charge in [0.15, 0.2) is 0 Å². The van der Waals surface area contributed by atoms with Crippen LogP contribution in [0.5, 0.6) is 0 Å². The molecule has 1 aliphatic rings. The van der Waals surface area contributed by atoms with Gasteiger partial charge in [-0.05, 0) is 31.0 Å². The van der Waals surface area contributed by atoms with Crippen LogP contribution < -0.4 is 10.5 Å². The van der Waals surface area contributed by atoms with E-state index in [2.05, 4.69) is 36.7 Å². The van der Waals surface area contributed by atoms with Gasteiger partial charge in [0.1, 0.15) is 0 Å². The average molecular weight is 291 g/mol. The molecule has 2 aromatic rings. The number of rotatable bonds is 2. The van der Waals surface area contributed by atoms with E-state index in [1.54, 1.807) is 0 Å². The van der Waals surface area contributed by atoms with E-state index in [-0.39, 0.29) is 5.56 Å². The second-order valence-corrected chi connectivity index (χ2v) is 6.03. The summed E-state index contributed by atoms with van der Waals surface area (Å²) in [5, 5.41) is 1.56. The molecule has 1 N–H and O–H groups in total. The SMILES string of the molecule is CCCN1c2ccc3[nH]c(=O)cc(Cl)c3c2C(C)C1C. The largest absolute Gasteiger partial charge is 0.368 e. The molecule has 3 rings (SSSR count). The summed E-state index contributed by atoms with van der Waals surface area (Å²) in [6.07, 6.45) is 1.12. The maximum absolute atomic E-state index is 11.6. The Morgan fingerprint density at radius 3 is 2.80 bits per heavy atom. The maximum atomic E-state index is 11.6. The van der Waals surface area contributed by atoms with Gasteiger partial charge >= 0.3 is 0 Å². The zero-order chi connectivity index (χ0) is 14.4. The minimum Gasteiger partial charge on any atom is -0.368 e. The van der Waals surface area contributed by atoms with Gasteiger partial charge in [-0.25, -0.2) is 0 Å². The number of anilines is 1. The van der Waals surface area contributed by atoms with Crippen LogP contribution >= 0.6 is 11.6 Å². The minimum absolute atomic E-state index is 0.147. The standard InChI is InChI=1S/C16H19ClN2O/c1-4-7-19-10(3)9(2)15-13(19)6-5-12-16(15)11(17)8-14(20)18-12/h5-6,8-10H,4,7H2,1-3H3,(H,18,20). The molecule has 0 radical (unpaired) electrons. The molecule has 0 bridgehead atoms. The summed E-state index contributed by atoms with van der Waals surface area (Å²) in [4.78, 5) is 16.9. The summed E-state index contributed by atoms with van der Waals surface area (Å²) >= 11 is 6.35. The van der Waals surface area contributed by atoms with Gasteiger partial charge in [-0.15, -0.1) is 0 Å². The fourth-order valence-electron chi connectivity index (χ4n) is 3.33. The fourth-order valence-corrected chi connectivity index (χ4v) is 3.64. The topological polar surface area (TPSA) is 36.1 Å². The summed E-state index contributed by atoms with van der Waals surface area (Å²) in [7, 11) is 0. The molecule has 0 aliphatic carbocycles. The molecule has 20 heavy (non-hydrogen) atoms. The first-order chi connectivity index (χ1) is 9.54. The zero-order valence-corrected chi connectivity index (χ0v) is 12.8. The van der Waals surface area contributed by atoms with E-state index in [9.17, 15) is 4.79 Å². The first kappa shape index (κ1) is 13.5. The van der Waals surface area contributed by atoms with Crippen molar-refractivity contribution in [3.05, 3.63) is 39.1 Å². The van der Waals surface area contributed by atoms with E-state index >= 15 is 0 Å². The second-order valence-electron chi connectivity index (χ2n) is 5.63. The summed E-state index contributed by atoms with van der Waals surface area (Å²) in [6.45, 7) is 7.73. The van der Waals surface area contributed by atoms with Gasteiger partial charge in [0, 0.05) is 35.6 Å². The van der Waals surface area contributed by atoms with E-state index in [0.717, 1.165) is 23.9 Å². The molecule has 1 aromatic heterocycles. The number of benzene rings is 1. The highest BCUT2D eigenvalue weighted by Gasteiger charge is 2.34. The van der Waals surface area contributed by atoms with E-state index in [0.29, 0.717) is 17.0 Å². The van der Waals surface area contributed by atoms with Crippen LogP contribution in [-0.4, -0.2) is 17.6 Å². The molecular weight excluding hydrogens is 272 g/mol. The number of halogens is 1. The molecule has 2 atom stereocenters. The van der Waals surface area contributed by atoms with Crippen molar-refractivity contribution < 1.29 is 0 Å². The highest BCUT2D eigenvalue weighted by Crippen LogP contribution is 2.45. The second kappa shape index (κ2) is 4.81. The van der Waals surface area contributed by atoms with E-state index in [1.165, 1.54) is 17.3 Å². The van der Waals surface area contributed by atoms with Crippen LogP contribution in [0.2, 0.25) is 5.02 Å². The Balaban J connectivity index is 2.32. The van der Waals surface area contributed by atoms with Gasteiger partial charge < -0.3 is 9.88 Å². The van der Waals surface area contributed by atoms with Gasteiger partial charge in [-0.1, -0.05) is 25.4 Å². The molecule has 106 valence electrons.